The first-order valence-corrected chi connectivity index (χ1v) is 35.0. The van der Waals surface area contributed by atoms with E-state index in [4.69, 9.17) is 0 Å². The molecule has 0 aromatic rings. The Morgan fingerprint density at radius 2 is 0.937 bits per heavy atom. The average Bonchev–Trinajstić information content (AvgIpc) is 0.822. The molecule has 95 heavy (non-hydrogen) atoms. The molecule has 0 aliphatic carbocycles. The van der Waals surface area contributed by atoms with Crippen molar-refractivity contribution in [2.75, 3.05) is 88.6 Å². The van der Waals surface area contributed by atoms with Gasteiger partial charge in [-0.1, -0.05) is 109 Å². The first kappa shape index (κ1) is 84.9. The van der Waals surface area contributed by atoms with Gasteiger partial charge in [-0.25, -0.2) is 0 Å². The van der Waals surface area contributed by atoms with Crippen molar-refractivity contribution < 1.29 is 57.8 Å². The van der Waals surface area contributed by atoms with Gasteiger partial charge in [0.2, 0.25) is 65.0 Å². The third-order valence-electron chi connectivity index (χ3n) is 19.5. The molecule has 0 unspecified atom stereocenters. The fourth-order valence-corrected chi connectivity index (χ4v) is 12.8. The summed E-state index contributed by atoms with van der Waals surface area (Å²) in [4.78, 5) is 177. The number of aliphatic hydroxyl groups is 1. The van der Waals surface area contributed by atoms with E-state index in [0.29, 0.717) is 25.8 Å². The summed E-state index contributed by atoms with van der Waals surface area (Å²) >= 11 is 0. The molecule has 0 bridgehead atoms. The number of rotatable bonds is 19. The molecule has 0 radical (unpaired) electrons. The van der Waals surface area contributed by atoms with Crippen LogP contribution in [0.3, 0.4) is 0 Å². The van der Waals surface area contributed by atoms with E-state index in [-0.39, 0.29) is 43.4 Å². The van der Waals surface area contributed by atoms with Gasteiger partial charge < -0.3 is 70.5 Å². The first-order valence-electron chi connectivity index (χ1n) is 35.0. The van der Waals surface area contributed by atoms with Gasteiger partial charge in [0, 0.05) is 75.5 Å². The Bertz CT molecular complexity index is 2590. The second-order valence-corrected chi connectivity index (χ2v) is 29.2. The van der Waals surface area contributed by atoms with Crippen LogP contribution >= 0.6 is 0 Å². The van der Waals surface area contributed by atoms with Gasteiger partial charge in [-0.05, 0) is 127 Å². The average molecular weight is 1340 g/mol. The molecular formula is C70H127N13O12. The summed E-state index contributed by atoms with van der Waals surface area (Å²) in [5.41, 5.74) is 0. The van der Waals surface area contributed by atoms with Crippen molar-refractivity contribution in [1.29, 1.82) is 0 Å². The number of allylic oxidation sites excluding steroid dienone is 2. The Hall–Kier alpha value is -6.21. The van der Waals surface area contributed by atoms with Crippen LogP contribution in [0.1, 0.15) is 170 Å². The van der Waals surface area contributed by atoms with Crippen LogP contribution < -0.4 is 21.3 Å². The number of carbonyl (C=O) groups excluding carboxylic acids is 11. The molecule has 2 heterocycles. The molecule has 0 aromatic carbocycles. The molecular weight excluding hydrogens is 1210 g/mol. The summed E-state index contributed by atoms with van der Waals surface area (Å²) in [6.45, 7) is 36.9. The lowest BCUT2D eigenvalue weighted by Gasteiger charge is -2.41. The van der Waals surface area contributed by atoms with Crippen LogP contribution in [0.2, 0.25) is 0 Å². The van der Waals surface area contributed by atoms with E-state index in [1.165, 1.54) is 99.5 Å². The van der Waals surface area contributed by atoms with Gasteiger partial charge in [-0.2, -0.15) is 0 Å². The fourth-order valence-electron chi connectivity index (χ4n) is 12.8. The van der Waals surface area contributed by atoms with E-state index < -0.39 is 161 Å². The van der Waals surface area contributed by atoms with Crippen molar-refractivity contribution in [3.05, 3.63) is 12.2 Å². The van der Waals surface area contributed by atoms with E-state index in [9.17, 15) is 24.3 Å². The third-order valence-corrected chi connectivity index (χ3v) is 19.5. The Morgan fingerprint density at radius 3 is 1.42 bits per heavy atom. The van der Waals surface area contributed by atoms with Gasteiger partial charge in [-0.15, -0.1) is 0 Å². The van der Waals surface area contributed by atoms with Crippen LogP contribution in [0.4, 0.5) is 0 Å². The van der Waals surface area contributed by atoms with E-state index in [1.807, 2.05) is 61.5 Å². The number of hydrogen-bond donors (Lipinski definition) is 5. The second kappa shape index (κ2) is 39.3. The highest BCUT2D eigenvalue weighted by atomic mass is 16.3. The highest BCUT2D eigenvalue weighted by molar-refractivity contribution is 6.00. The number of hydrogen-bond acceptors (Lipinski definition) is 14. The van der Waals surface area contributed by atoms with Gasteiger partial charge >= 0.3 is 0 Å². The number of piperazine rings is 1. The smallest absolute Gasteiger partial charge is 0.246 e. The van der Waals surface area contributed by atoms with Crippen molar-refractivity contribution >= 4 is 65.0 Å². The van der Waals surface area contributed by atoms with Gasteiger partial charge in [0.1, 0.15) is 66.5 Å². The van der Waals surface area contributed by atoms with Gasteiger partial charge in [0.05, 0.1) is 6.10 Å². The van der Waals surface area contributed by atoms with Crippen LogP contribution in [-0.4, -0.2) is 275 Å². The molecule has 2 aliphatic heterocycles. The first-order chi connectivity index (χ1) is 44.1. The Labute approximate surface area is 570 Å². The monoisotopic (exact) mass is 1340 g/mol. The maximum atomic E-state index is 15.3. The maximum Gasteiger partial charge on any atom is 0.246 e. The summed E-state index contributed by atoms with van der Waals surface area (Å²) in [5.74, 6) is -9.83. The molecule has 2 rings (SSSR count). The predicted octanol–water partition coefficient (Wildman–Crippen LogP) is 3.67. The molecule has 25 nitrogen and oxygen atoms in total. The van der Waals surface area contributed by atoms with Gasteiger partial charge in [0.25, 0.3) is 0 Å². The Kier molecular flexibility index (Phi) is 35.1. The van der Waals surface area contributed by atoms with E-state index in [0.717, 1.165) is 37.6 Å². The molecule has 0 aromatic heterocycles. The second-order valence-electron chi connectivity index (χ2n) is 29.2. The molecule has 2 saturated heterocycles. The SMILES string of the molecule is C/C=C/C[C@@H](C)[C@@H](O)[C@H]1C(=O)N[C@@H](CC)C(=O)N(C)[C@H](C)C(=O)N(C)[C@@H]([C@H](C)CCN2CCN(CC)CC2)C(=O)N[C@@H](C(C)C)C(=O)N(C)[C@@H](CCC(C)C)C(=O)N[C@@H](C)C(=O)N[C@H](C)C(=O)N(C)[C@@H](CC(C)C)C(=O)N(C)[C@@H](CC(C)C)C(=O)N(C)[C@@H](C(C)C)C(=O)N1C. The molecule has 2 fully saturated rings. The number of amides is 11. The fraction of sp³-hybridized carbons (Fsp3) is 0.814. The topological polar surface area (TPSA) is 285 Å². The van der Waals surface area contributed by atoms with Gasteiger partial charge in [0.15, 0.2) is 0 Å². The quantitative estimate of drug-likeness (QED) is 0.116. The number of nitrogens with zero attached hydrogens (tertiary/aromatic N) is 9. The highest BCUT2D eigenvalue weighted by Crippen LogP contribution is 2.27. The van der Waals surface area contributed by atoms with Crippen molar-refractivity contribution in [2.24, 2.45) is 41.4 Å². The standard InChI is InChI=1S/C70H127N13O12/c1-26-29-30-47(15)59(84)58-63(88)73-51(27-2)66(91)75(19)50(18)65(90)80(24)57(46(14)33-34-83-37-35-82(28-3)36-38-83)62(87)74-55(44(10)11)69(94)76(20)52(32-31-41(4)5)61(86)71-48(16)60(85)72-49(17)64(89)77(21)53(39-42(6)7)67(92)78(22)54(40-43(8)9)68(93)79(23)56(45(12)13)70(95)81(58)25/h26,29,41-59,84H,27-28,30-40H2,1-25H3,(H,71,86)(H,72,85)(H,73,88)(H,74,87)/b29-26+/t46-,47-,48+,49-,50-,51+,52+,53+,54+,55+,56+,57+,58+,59-/m1/s1. The number of likely N-dealkylation sites (N-methyl/N-ethyl adjacent to an activating group) is 8. The normalized spacial score (nSPS) is 27.8. The van der Waals surface area contributed by atoms with Crippen molar-refractivity contribution in [3.63, 3.8) is 0 Å². The lowest BCUT2D eigenvalue weighted by molar-refractivity contribution is -0.157. The Balaban J connectivity index is 3.05. The van der Waals surface area contributed by atoms with E-state index >= 15 is 33.6 Å². The molecule has 0 spiro atoms. The van der Waals surface area contributed by atoms with Crippen LogP contribution in [0, 0.1) is 41.4 Å². The summed E-state index contributed by atoms with van der Waals surface area (Å²) < 4.78 is 0. The molecule has 0 saturated carbocycles. The molecule has 2 aliphatic rings. The number of carbonyl (C=O) groups is 11. The summed E-state index contributed by atoms with van der Waals surface area (Å²) in [6.07, 6.45) is 3.86. The largest absolute Gasteiger partial charge is 0.390 e. The summed E-state index contributed by atoms with van der Waals surface area (Å²) in [5, 5.41) is 23.5. The molecule has 14 atom stereocenters. The minimum Gasteiger partial charge on any atom is -0.390 e. The zero-order valence-corrected chi connectivity index (χ0v) is 62.8. The maximum absolute atomic E-state index is 15.3. The Morgan fingerprint density at radius 1 is 0.463 bits per heavy atom. The van der Waals surface area contributed by atoms with Crippen LogP contribution in [-0.2, 0) is 52.7 Å². The van der Waals surface area contributed by atoms with Gasteiger partial charge in [-0.3, -0.25) is 52.7 Å². The number of nitrogens with one attached hydrogen (secondary N) is 4. The summed E-state index contributed by atoms with van der Waals surface area (Å²) in [6, 6.07) is -13.7. The third kappa shape index (κ3) is 23.5. The minimum absolute atomic E-state index is 0.0122. The zero-order chi connectivity index (χ0) is 73.0. The molecule has 25 heteroatoms. The molecule has 11 amide bonds. The van der Waals surface area contributed by atoms with Crippen molar-refractivity contribution in [2.45, 2.75) is 242 Å². The number of aliphatic hydroxyl groups excluding tert-OH is 1. The van der Waals surface area contributed by atoms with Crippen LogP contribution in [0.15, 0.2) is 12.2 Å². The zero-order valence-electron chi connectivity index (χ0n) is 62.8. The van der Waals surface area contributed by atoms with Crippen LogP contribution in [0.25, 0.3) is 0 Å². The van der Waals surface area contributed by atoms with E-state index in [2.05, 4.69) is 38.0 Å². The predicted molar refractivity (Wildman–Crippen MR) is 371 cm³/mol. The molecule has 544 valence electrons. The minimum atomic E-state index is -1.63. The molecule has 5 N–H and O–H groups in total. The van der Waals surface area contributed by atoms with Crippen LogP contribution in [0.5, 0.6) is 0 Å². The lowest BCUT2D eigenvalue weighted by atomic mass is 9.91. The lowest BCUT2D eigenvalue weighted by Crippen LogP contribution is -2.64. The highest BCUT2D eigenvalue weighted by Gasteiger charge is 2.46. The van der Waals surface area contributed by atoms with Crippen molar-refractivity contribution in [3.8, 4) is 0 Å². The summed E-state index contributed by atoms with van der Waals surface area (Å²) in [7, 11) is 10.1. The van der Waals surface area contributed by atoms with E-state index in [1.54, 1.807) is 47.6 Å². The van der Waals surface area contributed by atoms with Crippen molar-refractivity contribution in [1.82, 2.24) is 65.4 Å².